The monoisotopic (exact) mass is 514 g/mol. The van der Waals surface area contributed by atoms with E-state index in [9.17, 15) is 9.59 Å². The predicted molar refractivity (Wildman–Crippen MR) is 143 cm³/mol. The molecule has 2 heterocycles. The summed E-state index contributed by atoms with van der Waals surface area (Å²) in [6.45, 7) is 4.35. The zero-order valence-electron chi connectivity index (χ0n) is 20.7. The van der Waals surface area contributed by atoms with Crippen LogP contribution in [-0.4, -0.2) is 18.5 Å². The van der Waals surface area contributed by atoms with Gasteiger partial charge in [-0.05, 0) is 59.4 Å². The number of fused-ring (bicyclic) bond motifs is 2. The molecule has 0 fully saturated rings. The van der Waals surface area contributed by atoms with Crippen molar-refractivity contribution >= 4 is 34.7 Å². The highest BCUT2D eigenvalue weighted by Crippen LogP contribution is 2.49. The SMILES string of the molecule is CC1(C)CC(=O)C2=C(C1)Nc1ccccc1N(C(=O)Cc1ccc(Cl)cc1)[C@H]2c1ccc2c(c1)OCO2. The number of nitrogens with one attached hydrogen (secondary N) is 1. The molecule has 1 aliphatic carbocycles. The molecule has 3 aromatic carbocycles. The summed E-state index contributed by atoms with van der Waals surface area (Å²) in [5.74, 6) is 1.18. The molecule has 3 aliphatic rings. The summed E-state index contributed by atoms with van der Waals surface area (Å²) in [5, 5.41) is 4.16. The van der Waals surface area contributed by atoms with Crippen LogP contribution in [-0.2, 0) is 16.0 Å². The van der Waals surface area contributed by atoms with Gasteiger partial charge in [-0.3, -0.25) is 14.5 Å². The van der Waals surface area contributed by atoms with Crippen molar-refractivity contribution in [2.24, 2.45) is 5.41 Å². The van der Waals surface area contributed by atoms with Gasteiger partial charge in [-0.2, -0.15) is 0 Å². The van der Waals surface area contributed by atoms with Crippen molar-refractivity contribution in [3.63, 3.8) is 0 Å². The number of para-hydroxylation sites is 2. The lowest BCUT2D eigenvalue weighted by molar-refractivity contribution is -0.119. The van der Waals surface area contributed by atoms with E-state index in [4.69, 9.17) is 21.1 Å². The highest BCUT2D eigenvalue weighted by Gasteiger charge is 2.43. The van der Waals surface area contributed by atoms with Crippen LogP contribution in [0.1, 0.15) is 43.9 Å². The maximum absolute atomic E-state index is 14.2. The molecule has 3 aromatic rings. The van der Waals surface area contributed by atoms with Gasteiger partial charge in [-0.15, -0.1) is 0 Å². The maximum atomic E-state index is 14.2. The summed E-state index contributed by atoms with van der Waals surface area (Å²) in [6.07, 6.45) is 1.27. The van der Waals surface area contributed by atoms with Crippen molar-refractivity contribution in [3.05, 3.63) is 94.1 Å². The van der Waals surface area contributed by atoms with E-state index in [-0.39, 0.29) is 30.3 Å². The van der Waals surface area contributed by atoms with E-state index in [1.165, 1.54) is 0 Å². The Bertz CT molecular complexity index is 1440. The molecule has 1 N–H and O–H groups in total. The fourth-order valence-electron chi connectivity index (χ4n) is 5.52. The van der Waals surface area contributed by atoms with Gasteiger partial charge in [-0.1, -0.05) is 55.8 Å². The topological polar surface area (TPSA) is 67.9 Å². The molecule has 1 amide bonds. The molecule has 0 spiro atoms. The normalized spacial score (nSPS) is 19.6. The van der Waals surface area contributed by atoms with E-state index in [1.54, 1.807) is 17.0 Å². The Hall–Kier alpha value is -3.77. The molecule has 1 atom stereocenters. The van der Waals surface area contributed by atoms with E-state index in [0.717, 1.165) is 28.2 Å². The smallest absolute Gasteiger partial charge is 0.232 e. The van der Waals surface area contributed by atoms with E-state index in [2.05, 4.69) is 19.2 Å². The van der Waals surface area contributed by atoms with Crippen molar-refractivity contribution in [2.75, 3.05) is 17.0 Å². The van der Waals surface area contributed by atoms with Gasteiger partial charge in [0.1, 0.15) is 0 Å². The second-order valence-electron chi connectivity index (χ2n) is 10.6. The number of carbonyl (C=O) groups is 2. The first-order valence-electron chi connectivity index (χ1n) is 12.4. The van der Waals surface area contributed by atoms with Crippen LogP contribution in [0.3, 0.4) is 0 Å². The first kappa shape index (κ1) is 23.6. The molecule has 2 aliphatic heterocycles. The summed E-state index contributed by atoms with van der Waals surface area (Å²) < 4.78 is 11.2. The minimum Gasteiger partial charge on any atom is -0.454 e. The second kappa shape index (κ2) is 8.96. The Morgan fingerprint density at radius 1 is 1.03 bits per heavy atom. The molecular formula is C30H27ClN2O4. The number of anilines is 2. The third-order valence-electron chi connectivity index (χ3n) is 7.15. The van der Waals surface area contributed by atoms with Crippen molar-refractivity contribution in [3.8, 4) is 11.5 Å². The van der Waals surface area contributed by atoms with E-state index in [1.807, 2.05) is 54.6 Å². The molecule has 188 valence electrons. The summed E-state index contributed by atoms with van der Waals surface area (Å²) in [5.41, 5.74) is 4.46. The van der Waals surface area contributed by atoms with Gasteiger partial charge in [0.25, 0.3) is 0 Å². The molecule has 0 bridgehead atoms. The summed E-state index contributed by atoms with van der Waals surface area (Å²) in [4.78, 5) is 29.8. The Morgan fingerprint density at radius 3 is 2.59 bits per heavy atom. The first-order chi connectivity index (χ1) is 17.8. The van der Waals surface area contributed by atoms with E-state index in [0.29, 0.717) is 34.9 Å². The molecule has 0 unspecified atom stereocenters. The molecule has 0 aromatic heterocycles. The van der Waals surface area contributed by atoms with E-state index < -0.39 is 6.04 Å². The molecule has 0 saturated carbocycles. The lowest BCUT2D eigenvalue weighted by Crippen LogP contribution is -2.40. The Labute approximate surface area is 220 Å². The van der Waals surface area contributed by atoms with Crippen molar-refractivity contribution < 1.29 is 19.1 Å². The Morgan fingerprint density at radius 2 is 1.78 bits per heavy atom. The van der Waals surface area contributed by atoms with Crippen LogP contribution in [0.25, 0.3) is 0 Å². The second-order valence-corrected chi connectivity index (χ2v) is 11.0. The lowest BCUT2D eigenvalue weighted by atomic mass is 9.73. The predicted octanol–water partition coefficient (Wildman–Crippen LogP) is 6.45. The van der Waals surface area contributed by atoms with Crippen LogP contribution in [0.15, 0.2) is 78.0 Å². The number of ketones is 1. The number of allylic oxidation sites excluding steroid dienone is 1. The minimum atomic E-state index is -0.621. The minimum absolute atomic E-state index is 0.0403. The average Bonchev–Trinajstić information content (AvgIpc) is 3.27. The molecule has 6 nitrogen and oxygen atoms in total. The molecule has 7 heteroatoms. The van der Waals surface area contributed by atoms with Crippen molar-refractivity contribution in [1.82, 2.24) is 0 Å². The maximum Gasteiger partial charge on any atom is 0.232 e. The van der Waals surface area contributed by atoms with Gasteiger partial charge in [0.15, 0.2) is 17.3 Å². The van der Waals surface area contributed by atoms with Crippen molar-refractivity contribution in [1.29, 1.82) is 0 Å². The molecule has 6 rings (SSSR count). The zero-order chi connectivity index (χ0) is 25.7. The van der Waals surface area contributed by atoms with Crippen LogP contribution in [0.2, 0.25) is 5.02 Å². The van der Waals surface area contributed by atoms with Crippen molar-refractivity contribution in [2.45, 2.75) is 39.2 Å². The number of rotatable bonds is 3. The standard InChI is InChI=1S/C30H27ClN2O4/c1-30(2)15-22-28(24(34)16-30)29(19-9-12-25-26(14-19)37-17-36-25)33(23-6-4-3-5-21(23)32-22)27(35)13-18-7-10-20(31)11-8-18/h3-12,14,29,32H,13,15-17H2,1-2H3/t29-/m0/s1. The molecular weight excluding hydrogens is 488 g/mol. The third kappa shape index (κ3) is 4.36. The van der Waals surface area contributed by atoms with Crippen LogP contribution in [0.5, 0.6) is 11.5 Å². The van der Waals surface area contributed by atoms with Gasteiger partial charge in [0.05, 0.1) is 23.8 Å². The number of halogens is 1. The summed E-state index contributed by atoms with van der Waals surface area (Å²) in [6, 6.07) is 20.1. The number of carbonyl (C=O) groups excluding carboxylic acids is 2. The highest BCUT2D eigenvalue weighted by molar-refractivity contribution is 6.30. The molecule has 0 radical (unpaired) electrons. The summed E-state index contributed by atoms with van der Waals surface area (Å²) in [7, 11) is 0. The van der Waals surface area contributed by atoms with Crippen LogP contribution >= 0.6 is 11.6 Å². The summed E-state index contributed by atoms with van der Waals surface area (Å²) >= 11 is 6.08. The molecule has 37 heavy (non-hydrogen) atoms. The first-order valence-corrected chi connectivity index (χ1v) is 12.8. The van der Waals surface area contributed by atoms with Gasteiger partial charge < -0.3 is 14.8 Å². The Balaban J connectivity index is 1.55. The van der Waals surface area contributed by atoms with Gasteiger partial charge in [-0.25, -0.2) is 0 Å². The lowest BCUT2D eigenvalue weighted by Gasteiger charge is -2.37. The number of amides is 1. The average molecular weight is 515 g/mol. The number of ether oxygens (including phenoxy) is 2. The number of hydrogen-bond acceptors (Lipinski definition) is 5. The Kier molecular flexibility index (Phi) is 5.72. The van der Waals surface area contributed by atoms with Gasteiger partial charge in [0.2, 0.25) is 12.7 Å². The van der Waals surface area contributed by atoms with E-state index >= 15 is 0 Å². The van der Waals surface area contributed by atoms with Gasteiger partial charge >= 0.3 is 0 Å². The largest absolute Gasteiger partial charge is 0.454 e. The fourth-order valence-corrected chi connectivity index (χ4v) is 5.65. The highest BCUT2D eigenvalue weighted by atomic mass is 35.5. The van der Waals surface area contributed by atoms with Crippen LogP contribution in [0, 0.1) is 5.41 Å². The quantitative estimate of drug-likeness (QED) is 0.435. The van der Waals surface area contributed by atoms with Gasteiger partial charge in [0, 0.05) is 22.7 Å². The molecule has 0 saturated heterocycles. The zero-order valence-corrected chi connectivity index (χ0v) is 21.5. The number of Topliss-reactive ketones (excluding diaryl/α,β-unsaturated/α-hetero) is 1. The van der Waals surface area contributed by atoms with Crippen LogP contribution in [0.4, 0.5) is 11.4 Å². The number of hydrogen-bond donors (Lipinski definition) is 1. The fraction of sp³-hybridized carbons (Fsp3) is 0.267. The number of nitrogens with zero attached hydrogens (tertiary/aromatic N) is 1. The third-order valence-corrected chi connectivity index (χ3v) is 7.40. The van der Waals surface area contributed by atoms with Crippen LogP contribution < -0.4 is 19.7 Å². The number of benzene rings is 3.